The first kappa shape index (κ1) is 10.0. The van der Waals surface area contributed by atoms with Crippen molar-refractivity contribution in [3.8, 4) is 0 Å². The van der Waals surface area contributed by atoms with Crippen molar-refractivity contribution >= 4 is 23.5 Å². The Labute approximate surface area is 99.3 Å². The van der Waals surface area contributed by atoms with Crippen LogP contribution in [0.2, 0.25) is 0 Å². The van der Waals surface area contributed by atoms with E-state index in [0.717, 1.165) is 12.2 Å². The molecule has 1 aromatic rings. The van der Waals surface area contributed by atoms with Crippen molar-refractivity contribution < 1.29 is 4.74 Å². The smallest absolute Gasteiger partial charge is 0.289 e. The van der Waals surface area contributed by atoms with Gasteiger partial charge >= 0.3 is 0 Å². The summed E-state index contributed by atoms with van der Waals surface area (Å²) in [6, 6.07) is 7.08. The van der Waals surface area contributed by atoms with Gasteiger partial charge in [0.05, 0.1) is 12.2 Å². The van der Waals surface area contributed by atoms with E-state index in [0.29, 0.717) is 12.6 Å². The molecule has 84 valence electrons. The van der Waals surface area contributed by atoms with Crippen LogP contribution in [-0.2, 0) is 11.2 Å². The predicted molar refractivity (Wildman–Crippen MR) is 67.4 cm³/mol. The Morgan fingerprint density at radius 1 is 1.38 bits per heavy atom. The number of benzene rings is 1. The monoisotopic (exact) mass is 234 g/mol. The number of anilines is 1. The summed E-state index contributed by atoms with van der Waals surface area (Å²) in [5.74, 6) is 1.21. The maximum atomic E-state index is 5.38. The van der Waals surface area contributed by atoms with E-state index in [1.165, 1.54) is 29.1 Å². The minimum atomic E-state index is 0.666. The highest BCUT2D eigenvalue weighted by molar-refractivity contribution is 7.99. The van der Waals surface area contributed by atoms with Crippen LogP contribution in [-0.4, -0.2) is 24.9 Å². The van der Waals surface area contributed by atoms with Crippen LogP contribution < -0.4 is 5.32 Å². The highest BCUT2D eigenvalue weighted by Crippen LogP contribution is 2.36. The maximum absolute atomic E-state index is 5.38. The Kier molecular flexibility index (Phi) is 2.74. The zero-order valence-corrected chi connectivity index (χ0v) is 9.85. The van der Waals surface area contributed by atoms with Crippen molar-refractivity contribution in [2.45, 2.75) is 17.7 Å². The highest BCUT2D eigenvalue weighted by Gasteiger charge is 2.15. The van der Waals surface area contributed by atoms with E-state index in [9.17, 15) is 0 Å². The molecule has 0 atom stereocenters. The molecular weight excluding hydrogens is 220 g/mol. The van der Waals surface area contributed by atoms with Crippen LogP contribution in [0.4, 0.5) is 5.69 Å². The van der Waals surface area contributed by atoms with Gasteiger partial charge in [-0.25, -0.2) is 4.99 Å². The zero-order valence-electron chi connectivity index (χ0n) is 9.03. The molecule has 0 aromatic heterocycles. The Bertz CT molecular complexity index is 431. The molecule has 2 aliphatic heterocycles. The number of fused-ring (bicyclic) bond motifs is 1. The predicted octanol–water partition coefficient (Wildman–Crippen LogP) is 2.52. The summed E-state index contributed by atoms with van der Waals surface area (Å²) < 4.78 is 5.38. The molecule has 0 aliphatic carbocycles. The summed E-state index contributed by atoms with van der Waals surface area (Å²) in [6.45, 7) is 1.47. The van der Waals surface area contributed by atoms with E-state index >= 15 is 0 Å². The lowest BCUT2D eigenvalue weighted by Crippen LogP contribution is -2.13. The molecular formula is C12H14N2OS. The molecule has 2 aliphatic rings. The van der Waals surface area contributed by atoms with Crippen LogP contribution in [0.25, 0.3) is 0 Å². The van der Waals surface area contributed by atoms with Gasteiger partial charge in [0.2, 0.25) is 0 Å². The van der Waals surface area contributed by atoms with E-state index in [1.54, 1.807) is 0 Å². The van der Waals surface area contributed by atoms with Gasteiger partial charge in [-0.05, 0) is 30.2 Å². The van der Waals surface area contributed by atoms with E-state index < -0.39 is 0 Å². The minimum Gasteiger partial charge on any atom is -0.463 e. The first-order chi connectivity index (χ1) is 7.93. The van der Waals surface area contributed by atoms with Gasteiger partial charge in [0.25, 0.3) is 6.02 Å². The molecule has 4 heteroatoms. The second kappa shape index (κ2) is 4.37. The number of ether oxygens (including phenoxy) is 1. The number of aryl methyl sites for hydroxylation is 1. The number of nitrogens with zero attached hydrogens (tertiary/aromatic N) is 1. The van der Waals surface area contributed by atoms with Crippen molar-refractivity contribution in [2.75, 3.05) is 24.2 Å². The van der Waals surface area contributed by atoms with Gasteiger partial charge in [0, 0.05) is 4.90 Å². The number of hydrogen-bond acceptors (Lipinski definition) is 4. The van der Waals surface area contributed by atoms with Crippen LogP contribution in [0.3, 0.4) is 0 Å². The topological polar surface area (TPSA) is 33.6 Å². The van der Waals surface area contributed by atoms with Crippen molar-refractivity contribution in [3.63, 3.8) is 0 Å². The van der Waals surface area contributed by atoms with Crippen LogP contribution in [0.1, 0.15) is 12.0 Å². The van der Waals surface area contributed by atoms with Crippen LogP contribution in [0.5, 0.6) is 0 Å². The Morgan fingerprint density at radius 2 is 2.38 bits per heavy atom. The summed E-state index contributed by atoms with van der Waals surface area (Å²) in [6.07, 6.45) is 2.46. The van der Waals surface area contributed by atoms with Gasteiger partial charge in [-0.15, -0.1) is 11.8 Å². The quantitative estimate of drug-likeness (QED) is 0.810. The molecule has 0 amide bonds. The van der Waals surface area contributed by atoms with Gasteiger partial charge in [-0.3, -0.25) is 0 Å². The molecule has 0 bridgehead atoms. The molecule has 0 unspecified atom stereocenters. The molecule has 16 heavy (non-hydrogen) atoms. The van der Waals surface area contributed by atoms with Crippen LogP contribution in [0.15, 0.2) is 28.1 Å². The lowest BCUT2D eigenvalue weighted by Gasteiger charge is -2.19. The van der Waals surface area contributed by atoms with Crippen molar-refractivity contribution in [1.82, 2.24) is 0 Å². The summed E-state index contributed by atoms with van der Waals surface area (Å²) >= 11 is 1.93. The number of hydrogen-bond donors (Lipinski definition) is 1. The zero-order chi connectivity index (χ0) is 10.8. The van der Waals surface area contributed by atoms with Crippen molar-refractivity contribution in [3.05, 3.63) is 23.8 Å². The second-order valence-electron chi connectivity index (χ2n) is 3.91. The molecule has 0 radical (unpaired) electrons. The fraction of sp³-hybridized carbons (Fsp3) is 0.417. The lowest BCUT2D eigenvalue weighted by atomic mass is 10.1. The summed E-state index contributed by atoms with van der Waals surface area (Å²) in [4.78, 5) is 5.62. The Balaban J connectivity index is 1.88. The average Bonchev–Trinajstić information content (AvgIpc) is 2.82. The fourth-order valence-electron chi connectivity index (χ4n) is 2.01. The number of thioether (sulfide) groups is 1. The first-order valence-corrected chi connectivity index (χ1v) is 6.61. The van der Waals surface area contributed by atoms with E-state index in [2.05, 4.69) is 28.5 Å². The van der Waals surface area contributed by atoms with Crippen LogP contribution in [0, 0.1) is 0 Å². The average molecular weight is 234 g/mol. The fourth-order valence-corrected chi connectivity index (χ4v) is 3.14. The molecule has 3 nitrogen and oxygen atoms in total. The standard InChI is InChI=1S/C12H14N2OS/c1-3-9-4-2-8-16-11(9)10(5-1)14-12-13-6-7-15-12/h1,3,5H,2,4,6-8H2,(H,13,14). The number of nitrogens with one attached hydrogen (secondary N) is 1. The number of amidine groups is 1. The molecule has 3 rings (SSSR count). The maximum Gasteiger partial charge on any atom is 0.289 e. The van der Waals surface area contributed by atoms with Crippen molar-refractivity contribution in [2.24, 2.45) is 4.99 Å². The normalized spacial score (nSPS) is 18.6. The minimum absolute atomic E-state index is 0.666. The summed E-state index contributed by atoms with van der Waals surface area (Å²) in [5.41, 5.74) is 2.59. The SMILES string of the molecule is c1cc2c(c(NC3=NCCO3)c1)SCCC2. The molecule has 1 aromatic carbocycles. The molecule has 0 saturated heterocycles. The molecule has 0 saturated carbocycles. The third-order valence-electron chi connectivity index (χ3n) is 2.76. The highest BCUT2D eigenvalue weighted by atomic mass is 32.2. The molecule has 0 spiro atoms. The van der Waals surface area contributed by atoms with Gasteiger partial charge in [-0.2, -0.15) is 0 Å². The van der Waals surface area contributed by atoms with Gasteiger partial charge in [0.15, 0.2) is 0 Å². The van der Waals surface area contributed by atoms with Gasteiger partial charge in [0.1, 0.15) is 6.61 Å². The van der Waals surface area contributed by atoms with Gasteiger partial charge in [-0.1, -0.05) is 12.1 Å². The third-order valence-corrected chi connectivity index (χ3v) is 4.02. The second-order valence-corrected chi connectivity index (χ2v) is 5.01. The number of aliphatic imine (C=N–C) groups is 1. The Morgan fingerprint density at radius 3 is 3.25 bits per heavy atom. The lowest BCUT2D eigenvalue weighted by molar-refractivity contribution is 0.346. The van der Waals surface area contributed by atoms with E-state index in [1.807, 2.05) is 11.8 Å². The summed E-state index contributed by atoms with van der Waals surface area (Å²) in [7, 11) is 0. The first-order valence-electron chi connectivity index (χ1n) is 5.62. The third kappa shape index (κ3) is 1.89. The largest absolute Gasteiger partial charge is 0.463 e. The van der Waals surface area contributed by atoms with Crippen LogP contribution >= 0.6 is 11.8 Å². The molecule has 1 N–H and O–H groups in total. The summed E-state index contributed by atoms with van der Waals surface area (Å²) in [5, 5.41) is 3.28. The number of rotatable bonds is 1. The molecule has 2 heterocycles. The Hall–Kier alpha value is -1.16. The van der Waals surface area contributed by atoms with E-state index in [4.69, 9.17) is 4.74 Å². The van der Waals surface area contributed by atoms with E-state index in [-0.39, 0.29) is 0 Å². The van der Waals surface area contributed by atoms with Crippen molar-refractivity contribution in [1.29, 1.82) is 0 Å². The molecule has 0 fully saturated rings. The van der Waals surface area contributed by atoms with Gasteiger partial charge < -0.3 is 10.1 Å².